The van der Waals surface area contributed by atoms with E-state index >= 15 is 0 Å². The Morgan fingerprint density at radius 3 is 2.48 bits per heavy atom. The Morgan fingerprint density at radius 1 is 1.19 bits per heavy atom. The molecule has 1 atom stereocenters. The lowest BCUT2D eigenvalue weighted by molar-refractivity contribution is -0.130. The van der Waals surface area contributed by atoms with Gasteiger partial charge in [-0.1, -0.05) is 25.1 Å². The Hall–Kier alpha value is -2.37. The molecule has 1 rings (SSSR count). The van der Waals surface area contributed by atoms with Gasteiger partial charge in [0.1, 0.15) is 6.04 Å². The van der Waals surface area contributed by atoms with Crippen molar-refractivity contribution >= 4 is 17.8 Å². The van der Waals surface area contributed by atoms with Crippen LogP contribution in [0.25, 0.3) is 0 Å². The number of benzene rings is 1. The number of nitrogens with one attached hydrogen (secondary N) is 2. The molecule has 1 aromatic carbocycles. The third kappa shape index (κ3) is 6.07. The summed E-state index contributed by atoms with van der Waals surface area (Å²) in [4.78, 5) is 34.8. The minimum atomic E-state index is -0.667. The maximum atomic E-state index is 11.6. The summed E-state index contributed by atoms with van der Waals surface area (Å²) in [5, 5.41) is 5.13. The van der Waals surface area contributed by atoms with E-state index in [2.05, 4.69) is 10.6 Å². The van der Waals surface area contributed by atoms with Gasteiger partial charge in [0.15, 0.2) is 6.61 Å². The highest BCUT2D eigenvalue weighted by atomic mass is 16.5. The Kier molecular flexibility index (Phi) is 6.94. The van der Waals surface area contributed by atoms with Gasteiger partial charge in [-0.15, -0.1) is 0 Å². The van der Waals surface area contributed by atoms with Gasteiger partial charge < -0.3 is 15.4 Å². The fraction of sp³-hybridized carbons (Fsp3) is 0.400. The molecular weight excluding hydrogens is 272 g/mol. The van der Waals surface area contributed by atoms with Crippen molar-refractivity contribution in [3.8, 4) is 0 Å². The second-order valence-electron chi connectivity index (χ2n) is 4.52. The molecule has 0 aliphatic heterocycles. The summed E-state index contributed by atoms with van der Waals surface area (Å²) in [6.45, 7) is 3.65. The minimum absolute atomic E-state index is 0.264. The van der Waals surface area contributed by atoms with E-state index in [4.69, 9.17) is 4.74 Å². The fourth-order valence-electron chi connectivity index (χ4n) is 1.54. The van der Waals surface area contributed by atoms with E-state index in [-0.39, 0.29) is 5.91 Å². The van der Waals surface area contributed by atoms with Crippen molar-refractivity contribution in [3.63, 3.8) is 0 Å². The second-order valence-corrected chi connectivity index (χ2v) is 4.52. The van der Waals surface area contributed by atoms with Crippen LogP contribution in [0.1, 0.15) is 30.6 Å². The highest BCUT2D eigenvalue weighted by Gasteiger charge is 2.16. The first-order chi connectivity index (χ1) is 10.0. The van der Waals surface area contributed by atoms with Gasteiger partial charge in [-0.25, -0.2) is 4.79 Å². The van der Waals surface area contributed by atoms with Crippen molar-refractivity contribution < 1.29 is 19.1 Å². The molecule has 0 fully saturated rings. The van der Waals surface area contributed by atoms with Gasteiger partial charge in [0, 0.05) is 6.54 Å². The first-order valence-corrected chi connectivity index (χ1v) is 6.83. The number of hydrogen-bond donors (Lipinski definition) is 2. The summed E-state index contributed by atoms with van der Waals surface area (Å²) >= 11 is 0. The zero-order valence-corrected chi connectivity index (χ0v) is 12.2. The number of esters is 1. The average Bonchev–Trinajstić information content (AvgIpc) is 2.50. The molecule has 2 amide bonds. The first kappa shape index (κ1) is 16.7. The lowest BCUT2D eigenvalue weighted by atomic mass is 10.2. The Bertz CT molecular complexity index is 488. The number of carbonyl (C=O) groups excluding carboxylic acids is 3. The highest BCUT2D eigenvalue weighted by molar-refractivity contribution is 5.92. The number of amides is 2. The van der Waals surface area contributed by atoms with E-state index in [0.29, 0.717) is 12.1 Å². The van der Waals surface area contributed by atoms with E-state index in [1.165, 1.54) is 0 Å². The topological polar surface area (TPSA) is 84.5 Å². The van der Waals surface area contributed by atoms with Crippen molar-refractivity contribution in [1.29, 1.82) is 0 Å². The lowest BCUT2D eigenvalue weighted by Crippen LogP contribution is -2.46. The molecule has 0 aliphatic rings. The largest absolute Gasteiger partial charge is 0.452 e. The van der Waals surface area contributed by atoms with Crippen molar-refractivity contribution in [2.75, 3.05) is 13.2 Å². The maximum Gasteiger partial charge on any atom is 0.338 e. The molecule has 0 aliphatic carbocycles. The van der Waals surface area contributed by atoms with Gasteiger partial charge in [0.05, 0.1) is 5.56 Å². The smallest absolute Gasteiger partial charge is 0.338 e. The van der Waals surface area contributed by atoms with Crippen molar-refractivity contribution in [3.05, 3.63) is 35.9 Å². The van der Waals surface area contributed by atoms with E-state index in [0.717, 1.165) is 6.42 Å². The molecule has 6 nitrogen and oxygen atoms in total. The number of ether oxygens (including phenoxy) is 1. The molecular formula is C15H20N2O4. The van der Waals surface area contributed by atoms with Crippen molar-refractivity contribution in [2.45, 2.75) is 26.3 Å². The van der Waals surface area contributed by atoms with E-state index in [1.54, 1.807) is 37.3 Å². The lowest BCUT2D eigenvalue weighted by Gasteiger charge is -2.13. The molecule has 6 heteroatoms. The van der Waals surface area contributed by atoms with Crippen LogP contribution in [0.15, 0.2) is 30.3 Å². The van der Waals surface area contributed by atoms with Crippen molar-refractivity contribution in [1.82, 2.24) is 10.6 Å². The monoisotopic (exact) mass is 292 g/mol. The normalized spacial score (nSPS) is 11.3. The average molecular weight is 292 g/mol. The number of carbonyl (C=O) groups is 3. The van der Waals surface area contributed by atoms with Crippen LogP contribution < -0.4 is 10.6 Å². The third-order valence-corrected chi connectivity index (χ3v) is 2.66. The Labute approximate surface area is 123 Å². The number of rotatable bonds is 7. The van der Waals surface area contributed by atoms with Crippen LogP contribution in [0, 0.1) is 0 Å². The number of hydrogen-bond acceptors (Lipinski definition) is 4. The van der Waals surface area contributed by atoms with Gasteiger partial charge in [-0.3, -0.25) is 9.59 Å². The summed E-state index contributed by atoms with van der Waals surface area (Å²) in [6, 6.07) is 7.72. The zero-order valence-electron chi connectivity index (χ0n) is 12.2. The molecule has 1 aromatic rings. The molecule has 2 N–H and O–H groups in total. The molecule has 0 saturated carbocycles. The van der Waals surface area contributed by atoms with Crippen LogP contribution in [-0.4, -0.2) is 37.0 Å². The summed E-state index contributed by atoms with van der Waals surface area (Å²) in [6.07, 6.45) is 0.821. The van der Waals surface area contributed by atoms with Gasteiger partial charge in [-0.05, 0) is 25.5 Å². The molecule has 0 saturated heterocycles. The minimum Gasteiger partial charge on any atom is -0.452 e. The van der Waals surface area contributed by atoms with Crippen LogP contribution in [-0.2, 0) is 14.3 Å². The Morgan fingerprint density at radius 2 is 1.86 bits per heavy atom. The standard InChI is InChI=1S/C15H20N2O4/c1-3-9-16-14(19)11(2)17-13(18)10-21-15(20)12-7-5-4-6-8-12/h4-8,11H,3,9-10H2,1-2H3,(H,16,19)(H,17,18)/t11-/m0/s1. The molecule has 0 aromatic heterocycles. The molecule has 0 heterocycles. The summed E-state index contributed by atoms with van der Waals surface area (Å²) in [5.41, 5.74) is 0.374. The van der Waals surface area contributed by atoms with E-state index < -0.39 is 24.5 Å². The fourth-order valence-corrected chi connectivity index (χ4v) is 1.54. The highest BCUT2D eigenvalue weighted by Crippen LogP contribution is 2.00. The third-order valence-electron chi connectivity index (χ3n) is 2.66. The Balaban J connectivity index is 2.34. The van der Waals surface area contributed by atoms with E-state index in [1.807, 2.05) is 6.92 Å². The predicted molar refractivity (Wildman–Crippen MR) is 77.6 cm³/mol. The maximum absolute atomic E-state index is 11.6. The molecule has 114 valence electrons. The molecule has 0 unspecified atom stereocenters. The second kappa shape index (κ2) is 8.73. The van der Waals surface area contributed by atoms with E-state index in [9.17, 15) is 14.4 Å². The molecule has 0 spiro atoms. The van der Waals surface area contributed by atoms with Crippen LogP contribution >= 0.6 is 0 Å². The zero-order chi connectivity index (χ0) is 15.7. The summed E-state index contributed by atoms with van der Waals surface area (Å²) in [5.74, 6) is -1.35. The van der Waals surface area contributed by atoms with Gasteiger partial charge >= 0.3 is 5.97 Å². The van der Waals surface area contributed by atoms with Crippen LogP contribution in [0.4, 0.5) is 0 Å². The molecule has 21 heavy (non-hydrogen) atoms. The van der Waals surface area contributed by atoms with Crippen LogP contribution in [0.5, 0.6) is 0 Å². The van der Waals surface area contributed by atoms with Crippen molar-refractivity contribution in [2.24, 2.45) is 0 Å². The summed E-state index contributed by atoms with van der Waals surface area (Å²) < 4.78 is 4.87. The van der Waals surface area contributed by atoms with Crippen LogP contribution in [0.3, 0.4) is 0 Å². The molecule has 0 radical (unpaired) electrons. The van der Waals surface area contributed by atoms with Crippen LogP contribution in [0.2, 0.25) is 0 Å². The first-order valence-electron chi connectivity index (χ1n) is 6.83. The SMILES string of the molecule is CCCNC(=O)[C@H](C)NC(=O)COC(=O)c1ccccc1. The van der Waals surface area contributed by atoms with Gasteiger partial charge in [0.2, 0.25) is 5.91 Å². The molecule has 0 bridgehead atoms. The predicted octanol–water partition coefficient (Wildman–Crippen LogP) is 0.874. The quantitative estimate of drug-likeness (QED) is 0.730. The summed E-state index contributed by atoms with van der Waals surface area (Å²) in [7, 11) is 0. The van der Waals surface area contributed by atoms with Gasteiger partial charge in [0.25, 0.3) is 5.91 Å². The van der Waals surface area contributed by atoms with Gasteiger partial charge in [-0.2, -0.15) is 0 Å².